The molecule has 112 valence electrons. The molecule has 3 aliphatic rings. The average molecular weight is 278 g/mol. The molecule has 3 rings (SSSR count). The number of nitrogens with one attached hydrogen (secondary N) is 1. The van der Waals surface area contributed by atoms with Gasteiger partial charge in [-0.3, -0.25) is 14.5 Å². The van der Waals surface area contributed by atoms with Gasteiger partial charge in [0.1, 0.15) is 0 Å². The molecule has 0 aromatic carbocycles. The molecule has 0 aromatic rings. The van der Waals surface area contributed by atoms with E-state index < -0.39 is 0 Å². The highest BCUT2D eigenvalue weighted by Gasteiger charge is 2.48. The Bertz CT molecular complexity index is 389. The number of nitrogens with zero attached hydrogens (tertiary/aromatic N) is 1. The molecule has 0 radical (unpaired) electrons. The van der Waals surface area contributed by atoms with Crippen molar-refractivity contribution < 1.29 is 9.59 Å². The Hall–Kier alpha value is -0.900. The van der Waals surface area contributed by atoms with Gasteiger partial charge in [-0.15, -0.1) is 0 Å². The predicted octanol–water partition coefficient (Wildman–Crippen LogP) is 2.08. The number of carbonyl (C=O) groups is 2. The van der Waals surface area contributed by atoms with Gasteiger partial charge in [-0.2, -0.15) is 0 Å². The van der Waals surface area contributed by atoms with Gasteiger partial charge in [0, 0.05) is 23.4 Å². The van der Waals surface area contributed by atoms with E-state index in [1.165, 1.54) is 32.1 Å². The Kier molecular flexibility index (Phi) is 3.61. The lowest BCUT2D eigenvalue weighted by molar-refractivity contribution is -0.144. The van der Waals surface area contributed by atoms with E-state index in [1.807, 2.05) is 13.8 Å². The van der Waals surface area contributed by atoms with Crippen molar-refractivity contribution in [2.45, 2.75) is 70.4 Å². The fourth-order valence-corrected chi connectivity index (χ4v) is 4.29. The van der Waals surface area contributed by atoms with Crippen LogP contribution < -0.4 is 5.32 Å². The topological polar surface area (TPSA) is 49.4 Å². The summed E-state index contributed by atoms with van der Waals surface area (Å²) in [5.41, 5.74) is 0.191. The molecule has 4 nitrogen and oxygen atoms in total. The van der Waals surface area contributed by atoms with Crippen molar-refractivity contribution in [3.8, 4) is 0 Å². The smallest absolute Gasteiger partial charge is 0.233 e. The van der Waals surface area contributed by atoms with Gasteiger partial charge < -0.3 is 5.32 Å². The standard InChI is InChI=1S/C16H26N2O2/c1-11-12(2)15(20)18(14(11)19)13-6-9-17-16(10-13)7-4-3-5-8-16/h11-13,17H,3-10H2,1-2H3. The largest absolute Gasteiger partial charge is 0.311 e. The summed E-state index contributed by atoms with van der Waals surface area (Å²) in [5.74, 6) is -0.167. The third kappa shape index (κ3) is 2.18. The zero-order valence-electron chi connectivity index (χ0n) is 12.7. The maximum Gasteiger partial charge on any atom is 0.233 e. The van der Waals surface area contributed by atoms with E-state index in [0.717, 1.165) is 19.4 Å². The molecule has 0 aromatic heterocycles. The highest BCUT2D eigenvalue weighted by Crippen LogP contribution is 2.38. The van der Waals surface area contributed by atoms with Crippen LogP contribution >= 0.6 is 0 Å². The van der Waals surface area contributed by atoms with Gasteiger partial charge in [0.05, 0.1) is 0 Å². The van der Waals surface area contributed by atoms with Gasteiger partial charge >= 0.3 is 0 Å². The van der Waals surface area contributed by atoms with Gasteiger partial charge in [-0.25, -0.2) is 0 Å². The van der Waals surface area contributed by atoms with Crippen molar-refractivity contribution in [3.05, 3.63) is 0 Å². The molecule has 1 N–H and O–H groups in total. The minimum absolute atomic E-state index is 0.0559. The Labute approximate surface area is 121 Å². The summed E-state index contributed by atoms with van der Waals surface area (Å²) in [4.78, 5) is 26.4. The van der Waals surface area contributed by atoms with Crippen LogP contribution in [-0.4, -0.2) is 34.8 Å². The minimum Gasteiger partial charge on any atom is -0.311 e. The lowest BCUT2D eigenvalue weighted by Gasteiger charge is -2.46. The maximum absolute atomic E-state index is 12.4. The van der Waals surface area contributed by atoms with Crippen LogP contribution in [0.1, 0.15) is 58.8 Å². The van der Waals surface area contributed by atoms with Crippen LogP contribution in [0.2, 0.25) is 0 Å². The molecule has 1 saturated carbocycles. The summed E-state index contributed by atoms with van der Waals surface area (Å²) < 4.78 is 0. The second kappa shape index (κ2) is 5.14. The Morgan fingerprint density at radius 1 is 1.05 bits per heavy atom. The van der Waals surface area contributed by atoms with Gasteiger partial charge in [-0.1, -0.05) is 33.1 Å². The number of likely N-dealkylation sites (tertiary alicyclic amines) is 1. The highest BCUT2D eigenvalue weighted by molar-refractivity contribution is 6.05. The van der Waals surface area contributed by atoms with Crippen LogP contribution in [0.5, 0.6) is 0 Å². The lowest BCUT2D eigenvalue weighted by Crippen LogP contribution is -2.58. The second-order valence-corrected chi connectivity index (χ2v) is 7.04. The number of amides is 2. The van der Waals surface area contributed by atoms with E-state index in [4.69, 9.17) is 0 Å². The van der Waals surface area contributed by atoms with Crippen molar-refractivity contribution in [1.82, 2.24) is 10.2 Å². The first kappa shape index (κ1) is 14.1. The van der Waals surface area contributed by atoms with Crippen molar-refractivity contribution in [2.75, 3.05) is 6.54 Å². The van der Waals surface area contributed by atoms with Crippen LogP contribution in [0.3, 0.4) is 0 Å². The van der Waals surface area contributed by atoms with Crippen LogP contribution in [-0.2, 0) is 9.59 Å². The highest BCUT2D eigenvalue weighted by atomic mass is 16.2. The van der Waals surface area contributed by atoms with Crippen molar-refractivity contribution in [2.24, 2.45) is 11.8 Å². The molecular formula is C16H26N2O2. The molecule has 0 bridgehead atoms. The zero-order valence-corrected chi connectivity index (χ0v) is 12.7. The molecule has 2 aliphatic heterocycles. The van der Waals surface area contributed by atoms with E-state index in [-0.39, 0.29) is 35.2 Å². The SMILES string of the molecule is CC1C(=O)N(C2CCNC3(CCCCC3)C2)C(=O)C1C. The lowest BCUT2D eigenvalue weighted by atomic mass is 9.74. The average Bonchev–Trinajstić information content (AvgIpc) is 2.64. The molecule has 2 saturated heterocycles. The number of carbonyl (C=O) groups excluding carboxylic acids is 2. The summed E-state index contributed by atoms with van der Waals surface area (Å²) in [5, 5.41) is 3.69. The molecule has 4 heteroatoms. The van der Waals surface area contributed by atoms with Gasteiger partial charge in [-0.05, 0) is 32.2 Å². The predicted molar refractivity (Wildman–Crippen MR) is 77.0 cm³/mol. The molecule has 2 heterocycles. The maximum atomic E-state index is 12.4. The first-order valence-corrected chi connectivity index (χ1v) is 8.16. The Balaban J connectivity index is 1.77. The van der Waals surface area contributed by atoms with Gasteiger partial charge in [0.25, 0.3) is 0 Å². The number of hydrogen-bond donors (Lipinski definition) is 1. The fraction of sp³-hybridized carbons (Fsp3) is 0.875. The molecule has 1 spiro atoms. The number of hydrogen-bond acceptors (Lipinski definition) is 3. The van der Waals surface area contributed by atoms with Crippen LogP contribution in [0.15, 0.2) is 0 Å². The molecule has 3 unspecified atom stereocenters. The molecule has 3 fully saturated rings. The molecule has 20 heavy (non-hydrogen) atoms. The van der Waals surface area contributed by atoms with E-state index in [2.05, 4.69) is 5.32 Å². The van der Waals surface area contributed by atoms with Gasteiger partial charge in [0.15, 0.2) is 0 Å². The zero-order chi connectivity index (χ0) is 14.3. The summed E-state index contributed by atoms with van der Waals surface area (Å²) in [6.45, 7) is 4.72. The second-order valence-electron chi connectivity index (χ2n) is 7.04. The minimum atomic E-state index is -0.139. The van der Waals surface area contributed by atoms with Gasteiger partial charge in [0.2, 0.25) is 11.8 Å². The summed E-state index contributed by atoms with van der Waals surface area (Å²) in [6.07, 6.45) is 8.14. The third-order valence-electron chi connectivity index (χ3n) is 5.78. The molecular weight excluding hydrogens is 252 g/mol. The van der Waals surface area contributed by atoms with Crippen molar-refractivity contribution in [3.63, 3.8) is 0 Å². The van der Waals surface area contributed by atoms with Crippen LogP contribution in [0, 0.1) is 11.8 Å². The number of rotatable bonds is 1. The number of piperidine rings is 1. The normalized spacial score (nSPS) is 37.7. The van der Waals surface area contributed by atoms with Crippen molar-refractivity contribution in [1.29, 1.82) is 0 Å². The molecule has 3 atom stereocenters. The Morgan fingerprint density at radius 3 is 2.25 bits per heavy atom. The summed E-state index contributed by atoms with van der Waals surface area (Å²) in [6, 6.07) is 0.127. The van der Waals surface area contributed by atoms with Crippen molar-refractivity contribution >= 4 is 11.8 Å². The summed E-state index contributed by atoms with van der Waals surface area (Å²) >= 11 is 0. The molecule has 2 amide bonds. The number of imide groups is 1. The van der Waals surface area contributed by atoms with E-state index in [9.17, 15) is 9.59 Å². The monoisotopic (exact) mass is 278 g/mol. The fourth-order valence-electron chi connectivity index (χ4n) is 4.29. The first-order valence-electron chi connectivity index (χ1n) is 8.16. The molecule has 1 aliphatic carbocycles. The van der Waals surface area contributed by atoms with E-state index in [0.29, 0.717) is 0 Å². The van der Waals surface area contributed by atoms with E-state index >= 15 is 0 Å². The first-order chi connectivity index (χ1) is 9.54. The van der Waals surface area contributed by atoms with E-state index in [1.54, 1.807) is 4.90 Å². The Morgan fingerprint density at radius 2 is 1.65 bits per heavy atom. The quantitative estimate of drug-likeness (QED) is 0.747. The van der Waals surface area contributed by atoms with Crippen LogP contribution in [0.4, 0.5) is 0 Å². The van der Waals surface area contributed by atoms with Crippen LogP contribution in [0.25, 0.3) is 0 Å². The third-order valence-corrected chi connectivity index (χ3v) is 5.78. The summed E-state index contributed by atoms with van der Waals surface area (Å²) in [7, 11) is 0.